The van der Waals surface area contributed by atoms with Crippen molar-refractivity contribution in [3.05, 3.63) is 107 Å². The number of likely N-dealkylation sites (tertiary alicyclic amines) is 1. The summed E-state index contributed by atoms with van der Waals surface area (Å²) in [6, 6.07) is 17.7. The van der Waals surface area contributed by atoms with Gasteiger partial charge >= 0.3 is 0 Å². The molecule has 3 aromatic carbocycles. The maximum absolute atomic E-state index is 15.3. The highest BCUT2D eigenvalue weighted by molar-refractivity contribution is 7.92. The summed E-state index contributed by atoms with van der Waals surface area (Å²) in [5, 5.41) is 3.31. The number of carbonyl (C=O) groups is 1. The van der Waals surface area contributed by atoms with Gasteiger partial charge in [0.05, 0.1) is 64.9 Å². The highest BCUT2D eigenvalue weighted by atomic mass is 32.2. The highest BCUT2D eigenvalue weighted by Gasteiger charge is 2.45. The Labute approximate surface area is 303 Å². The van der Waals surface area contributed by atoms with Crippen molar-refractivity contribution < 1.29 is 26.4 Å². The Morgan fingerprint density at radius 1 is 1.02 bits per heavy atom. The minimum atomic E-state index is -3.82. The molecule has 0 atom stereocenters. The summed E-state index contributed by atoms with van der Waals surface area (Å²) in [6.45, 7) is 12.8. The minimum absolute atomic E-state index is 0.00677. The molecule has 1 fully saturated rings. The number of hydrogen-bond acceptors (Lipinski definition) is 7. The fourth-order valence-electron chi connectivity index (χ4n) is 7.24. The Kier molecular flexibility index (Phi) is 7.79. The van der Waals surface area contributed by atoms with Gasteiger partial charge in [-0.2, -0.15) is 0 Å². The van der Waals surface area contributed by atoms with Crippen LogP contribution < -0.4 is 9.62 Å². The number of fused-ring (bicyclic) bond motifs is 6. The number of anilines is 1. The summed E-state index contributed by atoms with van der Waals surface area (Å²) < 4.78 is 65.7. The summed E-state index contributed by atoms with van der Waals surface area (Å²) in [5.74, 6) is -0.873. The third-order valence-corrected chi connectivity index (χ3v) is 11.1. The molecule has 1 aliphatic heterocycles. The first kappa shape index (κ1) is 34.2. The SMILES string of the molecule is [C-]#[N+]C1(C)CN(Cc2nc3ccc(-c4cc5c(C(=O)NC)c(-c6ccc(C)cc6F)oc5cc4N(C)S(C)(=O)=O)nc3c3cc4c(F)cccc4n23)C1. The molecule has 0 saturated carbocycles. The fourth-order valence-corrected chi connectivity index (χ4v) is 7.75. The van der Waals surface area contributed by atoms with Crippen LogP contribution in [-0.2, 0) is 16.6 Å². The average molecular weight is 734 g/mol. The fraction of sp³-hybridized carbons (Fsp3) is 0.231. The van der Waals surface area contributed by atoms with E-state index in [1.54, 1.807) is 43.3 Å². The maximum atomic E-state index is 15.3. The molecule has 268 valence electrons. The molecular formula is C39H33F2N7O4S. The van der Waals surface area contributed by atoms with Gasteiger partial charge < -0.3 is 14.6 Å². The van der Waals surface area contributed by atoms with E-state index < -0.39 is 33.1 Å². The normalized spacial score (nSPS) is 14.5. The van der Waals surface area contributed by atoms with E-state index in [2.05, 4.69) is 15.1 Å². The zero-order valence-corrected chi connectivity index (χ0v) is 30.3. The van der Waals surface area contributed by atoms with Crippen LogP contribution >= 0.6 is 0 Å². The summed E-state index contributed by atoms with van der Waals surface area (Å²) >= 11 is 0. The Morgan fingerprint density at radius 3 is 2.49 bits per heavy atom. The zero-order chi connectivity index (χ0) is 37.6. The third-order valence-electron chi connectivity index (χ3n) is 9.92. The van der Waals surface area contributed by atoms with E-state index in [0.29, 0.717) is 75.1 Å². The molecule has 1 amide bonds. The molecule has 8 rings (SSSR count). The second kappa shape index (κ2) is 12.1. The van der Waals surface area contributed by atoms with Crippen LogP contribution in [0.1, 0.15) is 28.7 Å². The number of nitrogens with one attached hydrogen (secondary N) is 1. The largest absolute Gasteiger partial charge is 0.455 e. The monoisotopic (exact) mass is 733 g/mol. The quantitative estimate of drug-likeness (QED) is 0.176. The molecule has 7 aromatic rings. The van der Waals surface area contributed by atoms with Crippen LogP contribution in [-0.4, -0.2) is 72.6 Å². The van der Waals surface area contributed by atoms with Crippen molar-refractivity contribution in [2.45, 2.75) is 25.9 Å². The van der Waals surface area contributed by atoms with E-state index in [4.69, 9.17) is 21.0 Å². The Hall–Kier alpha value is -5.91. The molecular weight excluding hydrogens is 701 g/mol. The number of benzene rings is 3. The van der Waals surface area contributed by atoms with Gasteiger partial charge in [0, 0.05) is 43.4 Å². The van der Waals surface area contributed by atoms with Gasteiger partial charge in [-0.1, -0.05) is 12.1 Å². The van der Waals surface area contributed by atoms with Gasteiger partial charge in [0.15, 0.2) is 5.76 Å². The van der Waals surface area contributed by atoms with Gasteiger partial charge in [-0.15, -0.1) is 0 Å². The van der Waals surface area contributed by atoms with Crippen molar-refractivity contribution >= 4 is 60.0 Å². The molecule has 1 N–H and O–H groups in total. The lowest BCUT2D eigenvalue weighted by Gasteiger charge is -2.38. The predicted molar refractivity (Wildman–Crippen MR) is 200 cm³/mol. The van der Waals surface area contributed by atoms with Crippen LogP contribution in [0.15, 0.2) is 71.1 Å². The Balaban J connectivity index is 1.38. The lowest BCUT2D eigenvalue weighted by atomic mass is 9.93. The lowest BCUT2D eigenvalue weighted by molar-refractivity contribution is 0.0964. The van der Waals surface area contributed by atoms with E-state index in [-0.39, 0.29) is 28.2 Å². The van der Waals surface area contributed by atoms with Crippen molar-refractivity contribution in [2.75, 3.05) is 37.7 Å². The Morgan fingerprint density at radius 2 is 1.79 bits per heavy atom. The summed E-state index contributed by atoms with van der Waals surface area (Å²) in [4.78, 5) is 29.3. The van der Waals surface area contributed by atoms with Crippen molar-refractivity contribution in [3.8, 4) is 22.6 Å². The number of aromatic nitrogens is 3. The first-order valence-electron chi connectivity index (χ1n) is 16.7. The number of furan rings is 1. The second-order valence-electron chi connectivity index (χ2n) is 13.8. The third kappa shape index (κ3) is 5.55. The van der Waals surface area contributed by atoms with Crippen LogP contribution in [0.2, 0.25) is 0 Å². The van der Waals surface area contributed by atoms with E-state index in [0.717, 1.165) is 10.6 Å². The molecule has 0 bridgehead atoms. The number of halogens is 2. The summed E-state index contributed by atoms with van der Waals surface area (Å²) in [6.07, 6.45) is 1.06. The van der Waals surface area contributed by atoms with E-state index in [1.807, 2.05) is 17.4 Å². The lowest BCUT2D eigenvalue weighted by Crippen LogP contribution is -2.57. The molecule has 1 saturated heterocycles. The number of aryl methyl sites for hydroxylation is 1. The van der Waals surface area contributed by atoms with Crippen molar-refractivity contribution in [1.29, 1.82) is 0 Å². The second-order valence-corrected chi connectivity index (χ2v) is 15.9. The smallest absolute Gasteiger partial charge is 0.255 e. The molecule has 4 aromatic heterocycles. The van der Waals surface area contributed by atoms with Gasteiger partial charge in [0.1, 0.15) is 28.6 Å². The molecule has 5 heterocycles. The highest BCUT2D eigenvalue weighted by Crippen LogP contribution is 2.42. The van der Waals surface area contributed by atoms with Crippen LogP contribution in [0, 0.1) is 25.1 Å². The molecule has 0 spiro atoms. The van der Waals surface area contributed by atoms with Crippen molar-refractivity contribution in [2.24, 2.45) is 0 Å². The molecule has 0 aliphatic carbocycles. The van der Waals surface area contributed by atoms with Crippen LogP contribution in [0.5, 0.6) is 0 Å². The van der Waals surface area contributed by atoms with Crippen molar-refractivity contribution in [1.82, 2.24) is 24.6 Å². The number of amides is 1. The number of carbonyl (C=O) groups excluding carboxylic acids is 1. The molecule has 11 nitrogen and oxygen atoms in total. The van der Waals surface area contributed by atoms with Gasteiger partial charge in [-0.05, 0) is 61.0 Å². The van der Waals surface area contributed by atoms with Crippen molar-refractivity contribution in [3.63, 3.8) is 0 Å². The van der Waals surface area contributed by atoms with E-state index >= 15 is 8.78 Å². The minimum Gasteiger partial charge on any atom is -0.455 e. The number of rotatable bonds is 7. The van der Waals surface area contributed by atoms with Gasteiger partial charge in [0.25, 0.3) is 11.4 Å². The molecule has 14 heteroatoms. The van der Waals surface area contributed by atoms with Gasteiger partial charge in [0.2, 0.25) is 10.0 Å². The van der Waals surface area contributed by atoms with Crippen LogP contribution in [0.4, 0.5) is 14.5 Å². The zero-order valence-electron chi connectivity index (χ0n) is 29.5. The summed E-state index contributed by atoms with van der Waals surface area (Å²) in [7, 11) is -0.972. The number of pyridine rings is 1. The number of nitrogens with zero attached hydrogens (tertiary/aromatic N) is 6. The molecule has 0 radical (unpaired) electrons. The van der Waals surface area contributed by atoms with Crippen LogP contribution in [0.3, 0.4) is 0 Å². The first-order chi connectivity index (χ1) is 25.2. The van der Waals surface area contributed by atoms with Gasteiger partial charge in [-0.3, -0.25) is 18.4 Å². The average Bonchev–Trinajstić information content (AvgIpc) is 3.69. The van der Waals surface area contributed by atoms with E-state index in [1.165, 1.54) is 38.4 Å². The van der Waals surface area contributed by atoms with Gasteiger partial charge in [-0.25, -0.2) is 33.7 Å². The topological polar surface area (TPSA) is 117 Å². The van der Waals surface area contributed by atoms with Crippen LogP contribution in [0.25, 0.3) is 65.8 Å². The maximum Gasteiger partial charge on any atom is 0.255 e. The number of hydrogen-bond donors (Lipinski definition) is 1. The first-order valence-corrected chi connectivity index (χ1v) is 18.6. The molecule has 1 aliphatic rings. The number of sulfonamides is 1. The summed E-state index contributed by atoms with van der Waals surface area (Å²) in [5.41, 5.74) is 3.57. The molecule has 53 heavy (non-hydrogen) atoms. The van der Waals surface area contributed by atoms with E-state index in [9.17, 15) is 13.2 Å². The Bertz CT molecular complexity index is 2850. The predicted octanol–water partition coefficient (Wildman–Crippen LogP) is 6.95. The standard InChI is InChI=1S/C39H33F2N7O4S/c1-21-10-11-22(27(41)14-21)37-35(38(49)42-3)25-15-24(31(17-33(25)52-37)46(5)53(6,50)51)28-12-13-29-36(45-28)32-16-23-26(40)8-7-9-30(23)48(32)34(44-29)18-47-19-39(2,20-47)43-4/h7-17H,18-20H2,1-3,5-6H3,(H,42,49). The molecule has 0 unspecified atom stereocenters.